The van der Waals surface area contributed by atoms with Gasteiger partial charge in [0.15, 0.2) is 0 Å². The van der Waals surface area contributed by atoms with Crippen LogP contribution in [0.15, 0.2) is 53.7 Å². The molecule has 0 radical (unpaired) electrons. The molecule has 0 spiro atoms. The molecule has 1 aliphatic carbocycles. The van der Waals surface area contributed by atoms with Crippen LogP contribution in [0.5, 0.6) is 0 Å². The summed E-state index contributed by atoms with van der Waals surface area (Å²) in [4.78, 5) is 17.9. The molecule has 1 aromatic heterocycles. The minimum atomic E-state index is -0.428. The molecular formula is C27H30N2O2. The first kappa shape index (κ1) is 21.1. The maximum atomic E-state index is 12.5. The predicted molar refractivity (Wildman–Crippen MR) is 125 cm³/mol. The Labute approximate surface area is 184 Å². The Morgan fingerprint density at radius 2 is 1.55 bits per heavy atom. The summed E-state index contributed by atoms with van der Waals surface area (Å²) in [5.41, 5.74) is 9.58. The van der Waals surface area contributed by atoms with E-state index in [-0.39, 0.29) is 5.41 Å². The Kier molecular flexibility index (Phi) is 5.34. The maximum absolute atomic E-state index is 12.5. The lowest BCUT2D eigenvalue weighted by Gasteiger charge is -2.31. The van der Waals surface area contributed by atoms with E-state index in [0.717, 1.165) is 35.4 Å². The van der Waals surface area contributed by atoms with Gasteiger partial charge in [0.05, 0.1) is 11.3 Å². The van der Waals surface area contributed by atoms with Gasteiger partial charge in [-0.05, 0) is 87.4 Å². The zero-order chi connectivity index (χ0) is 22.3. The van der Waals surface area contributed by atoms with Crippen molar-refractivity contribution in [2.24, 2.45) is 10.6 Å². The van der Waals surface area contributed by atoms with Crippen molar-refractivity contribution >= 4 is 11.7 Å². The quantitative estimate of drug-likeness (QED) is 0.376. The van der Waals surface area contributed by atoms with Gasteiger partial charge in [-0.15, -0.1) is 0 Å². The van der Waals surface area contributed by atoms with Crippen LogP contribution in [0.2, 0.25) is 0 Å². The Balaban J connectivity index is 1.73. The average Bonchev–Trinajstić information content (AvgIpc) is 3.00. The number of nitrogens with zero attached hydrogens (tertiary/aromatic N) is 2. The Morgan fingerprint density at radius 1 is 0.903 bits per heavy atom. The fourth-order valence-electron chi connectivity index (χ4n) is 4.54. The van der Waals surface area contributed by atoms with Gasteiger partial charge in [0.25, 0.3) is 0 Å². The summed E-state index contributed by atoms with van der Waals surface area (Å²) < 4.78 is 2.33. The normalized spacial score (nSPS) is 16.3. The second-order valence-corrected chi connectivity index (χ2v) is 9.63. The van der Waals surface area contributed by atoms with Gasteiger partial charge in [-0.2, -0.15) is 0 Å². The van der Waals surface area contributed by atoms with E-state index in [2.05, 4.69) is 68.6 Å². The summed E-state index contributed by atoms with van der Waals surface area (Å²) in [6.45, 7) is 12.8. The Bertz CT molecular complexity index is 1160. The molecule has 31 heavy (non-hydrogen) atoms. The monoisotopic (exact) mass is 414 g/mol. The Morgan fingerprint density at radius 3 is 2.19 bits per heavy atom. The molecule has 0 N–H and O–H groups in total. The summed E-state index contributed by atoms with van der Waals surface area (Å²) in [6.07, 6.45) is 1.70. The fourth-order valence-corrected chi connectivity index (χ4v) is 4.54. The lowest BCUT2D eigenvalue weighted by atomic mass is 9.76. The third-order valence-electron chi connectivity index (χ3n) is 5.88. The summed E-state index contributed by atoms with van der Waals surface area (Å²) >= 11 is 0. The molecule has 4 heteroatoms. The number of benzene rings is 2. The number of oxime groups is 1. The second kappa shape index (κ2) is 7.84. The van der Waals surface area contributed by atoms with E-state index in [1.807, 2.05) is 19.1 Å². The molecule has 0 fully saturated rings. The molecule has 0 atom stereocenters. The molecule has 3 aromatic rings. The summed E-state index contributed by atoms with van der Waals surface area (Å²) in [5, 5.41) is 4.36. The zero-order valence-corrected chi connectivity index (χ0v) is 19.2. The van der Waals surface area contributed by atoms with Crippen molar-refractivity contribution < 1.29 is 9.63 Å². The van der Waals surface area contributed by atoms with E-state index in [1.165, 1.54) is 22.5 Å². The molecule has 2 aromatic carbocycles. The van der Waals surface area contributed by atoms with Crippen LogP contribution >= 0.6 is 0 Å². The molecule has 0 saturated carbocycles. The van der Waals surface area contributed by atoms with Gasteiger partial charge in [-0.3, -0.25) is 0 Å². The van der Waals surface area contributed by atoms with Gasteiger partial charge in [0.2, 0.25) is 0 Å². The van der Waals surface area contributed by atoms with Crippen molar-refractivity contribution in [3.05, 3.63) is 87.7 Å². The van der Waals surface area contributed by atoms with E-state index in [0.29, 0.717) is 5.56 Å². The molecule has 4 rings (SSSR count). The van der Waals surface area contributed by atoms with Crippen LogP contribution < -0.4 is 0 Å². The zero-order valence-electron chi connectivity index (χ0n) is 19.2. The van der Waals surface area contributed by atoms with Gasteiger partial charge in [0, 0.05) is 22.6 Å². The van der Waals surface area contributed by atoms with Crippen LogP contribution in [0.1, 0.15) is 64.3 Å². The van der Waals surface area contributed by atoms with Crippen molar-refractivity contribution in [2.75, 3.05) is 0 Å². The van der Waals surface area contributed by atoms with Crippen LogP contribution in [0.3, 0.4) is 0 Å². The predicted octanol–water partition coefficient (Wildman–Crippen LogP) is 6.24. The van der Waals surface area contributed by atoms with E-state index in [1.54, 1.807) is 12.1 Å². The highest BCUT2D eigenvalue weighted by molar-refractivity contribution is 6.03. The van der Waals surface area contributed by atoms with E-state index in [9.17, 15) is 4.79 Å². The van der Waals surface area contributed by atoms with Crippen LogP contribution in [-0.4, -0.2) is 16.2 Å². The van der Waals surface area contributed by atoms with Crippen molar-refractivity contribution in [3.8, 4) is 5.69 Å². The number of hydrogen-bond donors (Lipinski definition) is 0. The van der Waals surface area contributed by atoms with Crippen molar-refractivity contribution in [3.63, 3.8) is 0 Å². The highest BCUT2D eigenvalue weighted by Gasteiger charge is 2.34. The first-order chi connectivity index (χ1) is 14.6. The van der Waals surface area contributed by atoms with Crippen LogP contribution in [0.4, 0.5) is 0 Å². The Hall–Kier alpha value is -3.14. The third kappa shape index (κ3) is 4.34. The minimum absolute atomic E-state index is 0.0174. The molecular weight excluding hydrogens is 384 g/mol. The number of fused-ring (bicyclic) bond motifs is 1. The topological polar surface area (TPSA) is 43.6 Å². The smallest absolute Gasteiger partial charge is 0.318 e. The van der Waals surface area contributed by atoms with Crippen molar-refractivity contribution in [2.45, 2.75) is 54.4 Å². The maximum Gasteiger partial charge on any atom is 0.365 e. The SMILES string of the molecule is Cc1ccc(C(=O)O/N=C2\CC(C)(C)Cc3c2cc(C)n3-c2cc(C)cc(C)c2)cc1. The lowest BCUT2D eigenvalue weighted by molar-refractivity contribution is 0.0514. The summed E-state index contributed by atoms with van der Waals surface area (Å²) in [5.74, 6) is -0.428. The van der Waals surface area contributed by atoms with E-state index in [4.69, 9.17) is 4.84 Å². The summed E-state index contributed by atoms with van der Waals surface area (Å²) in [6, 6.07) is 16.1. The van der Waals surface area contributed by atoms with Gasteiger partial charge >= 0.3 is 5.97 Å². The van der Waals surface area contributed by atoms with Gasteiger partial charge in [-0.25, -0.2) is 4.79 Å². The number of aryl methyl sites for hydroxylation is 4. The molecule has 0 saturated heterocycles. The molecule has 1 heterocycles. The number of hydrogen-bond acceptors (Lipinski definition) is 3. The first-order valence-corrected chi connectivity index (χ1v) is 10.8. The van der Waals surface area contributed by atoms with Crippen LogP contribution in [0.25, 0.3) is 5.69 Å². The molecule has 0 aliphatic heterocycles. The highest BCUT2D eigenvalue weighted by Crippen LogP contribution is 2.38. The van der Waals surface area contributed by atoms with Gasteiger partial charge < -0.3 is 9.40 Å². The van der Waals surface area contributed by atoms with Crippen molar-refractivity contribution in [1.29, 1.82) is 0 Å². The van der Waals surface area contributed by atoms with E-state index >= 15 is 0 Å². The fraction of sp³-hybridized carbons (Fsp3) is 0.333. The van der Waals surface area contributed by atoms with Crippen LogP contribution in [0, 0.1) is 33.1 Å². The second-order valence-electron chi connectivity index (χ2n) is 9.63. The molecule has 0 bridgehead atoms. The number of rotatable bonds is 3. The molecule has 1 aliphatic rings. The van der Waals surface area contributed by atoms with E-state index < -0.39 is 5.97 Å². The molecule has 0 unspecified atom stereocenters. The average molecular weight is 415 g/mol. The largest absolute Gasteiger partial charge is 0.365 e. The third-order valence-corrected chi connectivity index (χ3v) is 5.88. The van der Waals surface area contributed by atoms with Crippen molar-refractivity contribution in [1.82, 2.24) is 4.57 Å². The molecule has 4 nitrogen and oxygen atoms in total. The highest BCUT2D eigenvalue weighted by atomic mass is 16.7. The first-order valence-electron chi connectivity index (χ1n) is 10.8. The lowest BCUT2D eigenvalue weighted by Crippen LogP contribution is -2.28. The molecule has 160 valence electrons. The number of carbonyl (C=O) groups is 1. The van der Waals surface area contributed by atoms with Gasteiger partial charge in [-0.1, -0.05) is 42.8 Å². The standard InChI is InChI=1S/C27H30N2O2/c1-17-7-9-21(10-8-17)26(30)31-28-24-15-27(5,6)16-25-23(24)14-20(4)29(25)22-12-18(2)11-19(3)13-22/h7-14H,15-16H2,1-6H3/b28-24+. The molecule has 0 amide bonds. The number of carbonyl (C=O) groups excluding carboxylic acids is 1. The van der Waals surface area contributed by atoms with Crippen LogP contribution in [-0.2, 0) is 11.3 Å². The minimum Gasteiger partial charge on any atom is -0.318 e. The summed E-state index contributed by atoms with van der Waals surface area (Å²) in [7, 11) is 0. The van der Waals surface area contributed by atoms with Gasteiger partial charge in [0.1, 0.15) is 0 Å². The number of aromatic nitrogens is 1.